The van der Waals surface area contributed by atoms with Gasteiger partial charge in [0, 0.05) is 19.6 Å². The van der Waals surface area contributed by atoms with Crippen LogP contribution in [0.15, 0.2) is 97.1 Å². The van der Waals surface area contributed by atoms with Crippen LogP contribution in [0.25, 0.3) is 0 Å². The number of hydrogen-bond acceptors (Lipinski definition) is 4. The van der Waals surface area contributed by atoms with Gasteiger partial charge in [-0.25, -0.2) is 4.79 Å². The molecule has 41 heavy (non-hydrogen) atoms. The van der Waals surface area contributed by atoms with Gasteiger partial charge < -0.3 is 14.6 Å². The number of carboxylic acid groups (broad SMARTS) is 1. The van der Waals surface area contributed by atoms with E-state index in [1.165, 1.54) is 33.4 Å². The van der Waals surface area contributed by atoms with Crippen molar-refractivity contribution in [3.63, 3.8) is 0 Å². The third kappa shape index (κ3) is 7.24. The van der Waals surface area contributed by atoms with E-state index in [-0.39, 0.29) is 6.04 Å². The van der Waals surface area contributed by atoms with Crippen molar-refractivity contribution in [3.8, 4) is 5.75 Å². The van der Waals surface area contributed by atoms with Gasteiger partial charge in [-0.05, 0) is 84.3 Å². The fraction of sp³-hybridized carbons (Fsp3) is 0.306. The zero-order chi connectivity index (χ0) is 28.6. The first-order valence-corrected chi connectivity index (χ1v) is 14.5. The first-order valence-electron chi connectivity index (χ1n) is 14.5. The first kappa shape index (κ1) is 28.6. The fourth-order valence-electron chi connectivity index (χ4n) is 5.80. The molecule has 0 saturated carbocycles. The number of nitrogens with zero attached hydrogens (tertiary/aromatic N) is 1. The Hall–Kier alpha value is -3.93. The van der Waals surface area contributed by atoms with E-state index in [1.54, 1.807) is 6.92 Å². The second-order valence-corrected chi connectivity index (χ2v) is 10.8. The quantitative estimate of drug-likeness (QED) is 0.218. The van der Waals surface area contributed by atoms with Gasteiger partial charge in [-0.2, -0.15) is 0 Å². The lowest BCUT2D eigenvalue weighted by molar-refractivity contribution is -0.149. The molecule has 1 aliphatic rings. The van der Waals surface area contributed by atoms with Crippen molar-refractivity contribution in [2.75, 3.05) is 26.8 Å². The molecule has 5 nitrogen and oxygen atoms in total. The maximum Gasteiger partial charge on any atom is 0.333 e. The van der Waals surface area contributed by atoms with E-state index in [1.807, 2.05) is 24.3 Å². The molecule has 0 spiro atoms. The number of carboxylic acids is 1. The van der Waals surface area contributed by atoms with Crippen LogP contribution in [0.4, 0.5) is 0 Å². The highest BCUT2D eigenvalue weighted by Gasteiger charge is 2.27. The Balaban J connectivity index is 1.30. The van der Waals surface area contributed by atoms with Crippen molar-refractivity contribution in [1.29, 1.82) is 0 Å². The van der Waals surface area contributed by atoms with Gasteiger partial charge in [-0.3, -0.25) is 4.90 Å². The van der Waals surface area contributed by atoms with Crippen LogP contribution in [0.5, 0.6) is 5.75 Å². The summed E-state index contributed by atoms with van der Waals surface area (Å²) < 4.78 is 11.5. The van der Waals surface area contributed by atoms with Crippen LogP contribution < -0.4 is 4.74 Å². The molecular formula is C36H39NO4. The summed E-state index contributed by atoms with van der Waals surface area (Å²) in [4.78, 5) is 13.8. The fourth-order valence-corrected chi connectivity index (χ4v) is 5.80. The molecule has 5 heteroatoms. The number of rotatable bonds is 12. The van der Waals surface area contributed by atoms with Crippen LogP contribution in [0.2, 0.25) is 0 Å². The summed E-state index contributed by atoms with van der Waals surface area (Å²) >= 11 is 0. The SMILES string of the molecule is CCOC(Cc1ccc(OCCN(C)C2c3ccccc3CCc3ccc(Cc4ccccc4)cc32)cc1)C(=O)O. The summed E-state index contributed by atoms with van der Waals surface area (Å²) in [7, 11) is 2.19. The molecule has 212 valence electrons. The normalized spacial score (nSPS) is 15.0. The monoisotopic (exact) mass is 549 g/mol. The summed E-state index contributed by atoms with van der Waals surface area (Å²) in [5.41, 5.74) is 9.15. The minimum atomic E-state index is -0.941. The number of ether oxygens (including phenoxy) is 2. The molecule has 1 N–H and O–H groups in total. The number of fused-ring (bicyclic) bond motifs is 2. The average Bonchev–Trinajstić information content (AvgIpc) is 3.15. The molecule has 0 amide bonds. The van der Waals surface area contributed by atoms with Gasteiger partial charge in [-0.1, -0.05) is 84.9 Å². The minimum Gasteiger partial charge on any atom is -0.492 e. The summed E-state index contributed by atoms with van der Waals surface area (Å²) in [5, 5.41) is 9.36. The summed E-state index contributed by atoms with van der Waals surface area (Å²) in [6.45, 7) is 3.48. The van der Waals surface area contributed by atoms with E-state index < -0.39 is 12.1 Å². The molecule has 0 saturated heterocycles. The zero-order valence-corrected chi connectivity index (χ0v) is 24.0. The van der Waals surface area contributed by atoms with Crippen molar-refractivity contribution in [2.45, 2.75) is 44.8 Å². The third-order valence-electron chi connectivity index (χ3n) is 7.91. The van der Waals surface area contributed by atoms with E-state index in [2.05, 4.69) is 84.7 Å². The molecule has 0 fully saturated rings. The van der Waals surface area contributed by atoms with Crippen LogP contribution in [0, 0.1) is 0 Å². The van der Waals surface area contributed by atoms with Gasteiger partial charge in [-0.15, -0.1) is 0 Å². The number of carbonyl (C=O) groups is 1. The van der Waals surface area contributed by atoms with Crippen molar-refractivity contribution in [1.82, 2.24) is 4.90 Å². The highest BCUT2D eigenvalue weighted by molar-refractivity contribution is 5.72. The predicted molar refractivity (Wildman–Crippen MR) is 163 cm³/mol. The molecule has 5 rings (SSSR count). The molecule has 1 aliphatic carbocycles. The molecule has 2 unspecified atom stereocenters. The van der Waals surface area contributed by atoms with E-state index in [0.717, 1.165) is 37.1 Å². The van der Waals surface area contributed by atoms with Crippen LogP contribution >= 0.6 is 0 Å². The van der Waals surface area contributed by atoms with E-state index in [9.17, 15) is 9.90 Å². The maximum atomic E-state index is 11.4. The van der Waals surface area contributed by atoms with E-state index in [4.69, 9.17) is 9.47 Å². The highest BCUT2D eigenvalue weighted by atomic mass is 16.5. The third-order valence-corrected chi connectivity index (χ3v) is 7.91. The lowest BCUT2D eigenvalue weighted by atomic mass is 9.91. The number of aliphatic carboxylic acids is 1. The molecule has 0 aliphatic heterocycles. The van der Waals surface area contributed by atoms with Gasteiger partial charge in [0.1, 0.15) is 12.4 Å². The Bertz CT molecular complexity index is 1430. The standard InChI is InChI=1S/C36H39NO4/c1-3-40-34(36(38)39)25-27-14-19-31(20-15-27)41-22-21-37(2)35-32-12-8-7-11-29(32)17-18-30-16-13-28(24-33(30)35)23-26-9-5-4-6-10-26/h4-16,19-20,24,34-35H,3,17-18,21-23,25H2,1-2H3,(H,38,39). The smallest absolute Gasteiger partial charge is 0.333 e. The van der Waals surface area contributed by atoms with Gasteiger partial charge >= 0.3 is 5.97 Å². The van der Waals surface area contributed by atoms with Gasteiger partial charge in [0.2, 0.25) is 0 Å². The largest absolute Gasteiger partial charge is 0.492 e. The Morgan fingerprint density at radius 3 is 2.27 bits per heavy atom. The number of benzene rings is 4. The molecule has 0 radical (unpaired) electrons. The maximum absolute atomic E-state index is 11.4. The van der Waals surface area contributed by atoms with Crippen molar-refractivity contribution < 1.29 is 19.4 Å². The molecule has 4 aromatic carbocycles. The molecule has 0 bridgehead atoms. The molecule has 0 aromatic heterocycles. The molecule has 4 aromatic rings. The first-order chi connectivity index (χ1) is 20.0. The molecule has 2 atom stereocenters. The van der Waals surface area contributed by atoms with Crippen molar-refractivity contribution in [3.05, 3.63) is 136 Å². The summed E-state index contributed by atoms with van der Waals surface area (Å²) in [6.07, 6.45) is 2.50. The van der Waals surface area contributed by atoms with Gasteiger partial charge in [0.05, 0.1) is 6.04 Å². The van der Waals surface area contributed by atoms with Crippen LogP contribution in [0.1, 0.15) is 51.9 Å². The number of likely N-dealkylation sites (N-methyl/N-ethyl adjacent to an activating group) is 1. The Morgan fingerprint density at radius 2 is 1.54 bits per heavy atom. The van der Waals surface area contributed by atoms with Crippen LogP contribution in [-0.2, 0) is 35.2 Å². The highest BCUT2D eigenvalue weighted by Crippen LogP contribution is 2.37. The van der Waals surface area contributed by atoms with Crippen molar-refractivity contribution >= 4 is 5.97 Å². The lowest BCUT2D eigenvalue weighted by Gasteiger charge is -2.30. The Labute approximate surface area is 243 Å². The average molecular weight is 550 g/mol. The Morgan fingerprint density at radius 1 is 0.854 bits per heavy atom. The Kier molecular flexibility index (Phi) is 9.50. The van der Waals surface area contributed by atoms with Crippen LogP contribution in [-0.4, -0.2) is 48.9 Å². The topological polar surface area (TPSA) is 59.0 Å². The summed E-state index contributed by atoms with van der Waals surface area (Å²) in [5.74, 6) is -0.165. The van der Waals surface area contributed by atoms with Crippen LogP contribution in [0.3, 0.4) is 0 Å². The van der Waals surface area contributed by atoms with Gasteiger partial charge in [0.15, 0.2) is 6.10 Å². The van der Waals surface area contributed by atoms with Gasteiger partial charge in [0.25, 0.3) is 0 Å². The molecule has 0 heterocycles. The van der Waals surface area contributed by atoms with E-state index in [0.29, 0.717) is 19.6 Å². The second-order valence-electron chi connectivity index (χ2n) is 10.8. The number of hydrogen-bond donors (Lipinski definition) is 1. The number of aryl methyl sites for hydroxylation is 2. The van der Waals surface area contributed by atoms with Crippen molar-refractivity contribution in [2.24, 2.45) is 0 Å². The lowest BCUT2D eigenvalue weighted by Crippen LogP contribution is -2.30. The summed E-state index contributed by atoms with van der Waals surface area (Å²) in [6, 6.07) is 34.3. The zero-order valence-electron chi connectivity index (χ0n) is 24.0. The minimum absolute atomic E-state index is 0.150. The van der Waals surface area contributed by atoms with E-state index >= 15 is 0 Å². The molecular weight excluding hydrogens is 510 g/mol. The predicted octanol–water partition coefficient (Wildman–Crippen LogP) is 6.51. The second kappa shape index (κ2) is 13.6.